The van der Waals surface area contributed by atoms with Crippen LogP contribution in [-0.4, -0.2) is 30.7 Å². The van der Waals surface area contributed by atoms with E-state index in [1.165, 1.54) is 6.21 Å². The summed E-state index contributed by atoms with van der Waals surface area (Å²) in [5.41, 5.74) is 4.28. The van der Waals surface area contributed by atoms with E-state index in [2.05, 4.69) is 15.8 Å². The molecule has 0 saturated carbocycles. The zero-order chi connectivity index (χ0) is 19.1. The number of carboxylic acids is 1. The van der Waals surface area contributed by atoms with E-state index in [0.29, 0.717) is 28.7 Å². The lowest BCUT2D eigenvalue weighted by atomic mass is 10.2. The number of hydrazone groups is 1. The largest absolute Gasteiger partial charge is 0.546 e. The van der Waals surface area contributed by atoms with Crippen LogP contribution in [-0.2, 0) is 11.3 Å². The molecule has 1 aliphatic rings. The Bertz CT molecular complexity index is 872. The fourth-order valence-corrected chi connectivity index (χ4v) is 2.41. The van der Waals surface area contributed by atoms with Crippen molar-refractivity contribution in [2.75, 3.05) is 13.4 Å². The number of benzene rings is 2. The van der Waals surface area contributed by atoms with Gasteiger partial charge in [0.05, 0.1) is 12.2 Å². The molecule has 0 atom stereocenters. The van der Waals surface area contributed by atoms with Crippen molar-refractivity contribution in [2.45, 2.75) is 6.54 Å². The molecule has 0 unspecified atom stereocenters. The molecule has 3 rings (SSSR count). The Labute approximate surface area is 160 Å². The maximum Gasteiger partial charge on any atom is 0.231 e. The van der Waals surface area contributed by atoms with Gasteiger partial charge in [-0.15, -0.1) is 0 Å². The number of hydrogen-bond acceptors (Lipinski definition) is 7. The fraction of sp³-hybridized carbons (Fsp3) is 0.167. The topological polar surface area (TPSA) is 104 Å². The van der Waals surface area contributed by atoms with E-state index in [9.17, 15) is 9.90 Å². The summed E-state index contributed by atoms with van der Waals surface area (Å²) < 4.78 is 15.7. The van der Waals surface area contributed by atoms with Crippen LogP contribution in [0.5, 0.6) is 17.2 Å². The van der Waals surface area contributed by atoms with Gasteiger partial charge in [0.15, 0.2) is 16.6 Å². The number of carbonyl (C=O) groups excluding carboxylic acids is 1. The predicted octanol–water partition coefficient (Wildman–Crippen LogP) is 0.542. The second-order valence-corrected chi connectivity index (χ2v) is 5.85. The minimum atomic E-state index is -1.30. The highest BCUT2D eigenvalue weighted by atomic mass is 32.1. The van der Waals surface area contributed by atoms with Gasteiger partial charge >= 0.3 is 0 Å². The zero-order valence-electron chi connectivity index (χ0n) is 14.1. The van der Waals surface area contributed by atoms with Crippen molar-refractivity contribution >= 4 is 29.5 Å². The number of nitrogens with zero attached hydrogens (tertiary/aromatic N) is 1. The van der Waals surface area contributed by atoms with Crippen LogP contribution in [0.1, 0.15) is 11.1 Å². The van der Waals surface area contributed by atoms with Crippen molar-refractivity contribution in [3.8, 4) is 17.2 Å². The third-order valence-corrected chi connectivity index (χ3v) is 3.76. The molecule has 1 aliphatic heterocycles. The van der Waals surface area contributed by atoms with Gasteiger partial charge in [-0.2, -0.15) is 5.10 Å². The van der Waals surface area contributed by atoms with Gasteiger partial charge in [0.25, 0.3) is 0 Å². The normalized spacial score (nSPS) is 12.0. The highest BCUT2D eigenvalue weighted by molar-refractivity contribution is 7.80. The molecule has 140 valence electrons. The van der Waals surface area contributed by atoms with E-state index in [-0.39, 0.29) is 6.79 Å². The molecule has 1 heterocycles. The summed E-state index contributed by atoms with van der Waals surface area (Å²) in [5, 5.41) is 17.9. The molecule has 0 radical (unpaired) electrons. The number of nitrogens with one attached hydrogen (secondary N) is 2. The van der Waals surface area contributed by atoms with E-state index in [4.69, 9.17) is 26.4 Å². The lowest BCUT2D eigenvalue weighted by Crippen LogP contribution is -2.31. The number of aliphatic carboxylic acids is 1. The minimum Gasteiger partial charge on any atom is -0.546 e. The summed E-state index contributed by atoms with van der Waals surface area (Å²) >= 11 is 5.18. The Kier molecular flexibility index (Phi) is 6.06. The molecule has 0 saturated heterocycles. The first-order valence-corrected chi connectivity index (χ1v) is 8.40. The lowest BCUT2D eigenvalue weighted by molar-refractivity contribution is -0.307. The number of thiocarbonyl (C=S) groups is 1. The first-order valence-electron chi connectivity index (χ1n) is 7.99. The molecule has 0 fully saturated rings. The third-order valence-electron chi connectivity index (χ3n) is 3.52. The van der Waals surface area contributed by atoms with Gasteiger partial charge in [0.1, 0.15) is 12.4 Å². The van der Waals surface area contributed by atoms with Crippen LogP contribution < -0.4 is 30.1 Å². The molecule has 9 heteroatoms. The summed E-state index contributed by atoms with van der Waals surface area (Å²) in [4.78, 5) is 10.5. The quantitative estimate of drug-likeness (QED) is 0.404. The van der Waals surface area contributed by atoms with Crippen molar-refractivity contribution in [2.24, 2.45) is 5.10 Å². The number of rotatable bonds is 7. The Morgan fingerprint density at radius 2 is 2.07 bits per heavy atom. The molecule has 0 bridgehead atoms. The summed E-state index contributed by atoms with van der Waals surface area (Å²) in [6.45, 7) is 0.187. The van der Waals surface area contributed by atoms with Gasteiger partial charge in [-0.05, 0) is 42.0 Å². The zero-order valence-corrected chi connectivity index (χ0v) is 15.0. The Balaban J connectivity index is 1.49. The second kappa shape index (κ2) is 8.86. The Morgan fingerprint density at radius 3 is 2.93 bits per heavy atom. The monoisotopic (exact) mass is 386 g/mol. The maximum absolute atomic E-state index is 10.5. The molecule has 0 aliphatic carbocycles. The molecule has 0 spiro atoms. The van der Waals surface area contributed by atoms with Crippen LogP contribution in [0, 0.1) is 0 Å². The van der Waals surface area contributed by atoms with Gasteiger partial charge in [-0.3, -0.25) is 5.43 Å². The molecule has 27 heavy (non-hydrogen) atoms. The van der Waals surface area contributed by atoms with Crippen LogP contribution in [0.25, 0.3) is 0 Å². The summed E-state index contributed by atoms with van der Waals surface area (Å²) in [7, 11) is 0. The van der Waals surface area contributed by atoms with Crippen molar-refractivity contribution in [3.05, 3.63) is 53.6 Å². The average Bonchev–Trinajstić information content (AvgIpc) is 3.13. The molecule has 2 N–H and O–H groups in total. The van der Waals surface area contributed by atoms with Crippen molar-refractivity contribution < 1.29 is 24.1 Å². The fourth-order valence-electron chi connectivity index (χ4n) is 2.29. The van der Waals surface area contributed by atoms with E-state index in [0.717, 1.165) is 11.3 Å². The molecule has 0 aromatic heterocycles. The van der Waals surface area contributed by atoms with E-state index in [1.807, 2.05) is 18.2 Å². The number of carbonyl (C=O) groups is 1. The maximum atomic E-state index is 10.5. The number of para-hydroxylation sites is 1. The molecule has 2 aromatic carbocycles. The van der Waals surface area contributed by atoms with Gasteiger partial charge in [-0.1, -0.05) is 18.2 Å². The summed E-state index contributed by atoms with van der Waals surface area (Å²) in [5.74, 6) is 0.517. The molecule has 8 nitrogen and oxygen atoms in total. The second-order valence-electron chi connectivity index (χ2n) is 5.44. The minimum absolute atomic E-state index is 0.231. The van der Waals surface area contributed by atoms with E-state index in [1.54, 1.807) is 24.3 Å². The van der Waals surface area contributed by atoms with Gasteiger partial charge in [-0.25, -0.2) is 0 Å². The molecule has 2 aromatic rings. The number of hydrogen-bond donors (Lipinski definition) is 2. The van der Waals surface area contributed by atoms with E-state index >= 15 is 0 Å². The van der Waals surface area contributed by atoms with Crippen LogP contribution in [0.2, 0.25) is 0 Å². The Morgan fingerprint density at radius 1 is 1.26 bits per heavy atom. The van der Waals surface area contributed by atoms with Crippen molar-refractivity contribution in [3.63, 3.8) is 0 Å². The van der Waals surface area contributed by atoms with E-state index < -0.39 is 12.6 Å². The SMILES string of the molecule is O=C([O-])COc1ccccc1/C=N\NC(=S)NCc1ccc2c(c1)OCO2. The number of ether oxygens (including phenoxy) is 3. The highest BCUT2D eigenvalue weighted by Gasteiger charge is 2.13. The highest BCUT2D eigenvalue weighted by Crippen LogP contribution is 2.32. The Hall–Kier alpha value is -3.33. The molecule has 0 amide bonds. The standard InChI is InChI=1S/C18H17N3O5S/c22-17(23)10-24-14-4-2-1-3-13(14)9-20-21-18(27)19-8-12-5-6-15-16(7-12)26-11-25-15/h1-7,9H,8,10-11H2,(H,22,23)(H2,19,21,27)/p-1/b20-9-. The predicted molar refractivity (Wildman–Crippen MR) is 99.7 cm³/mol. The van der Waals surface area contributed by atoms with Gasteiger partial charge in [0, 0.05) is 12.1 Å². The van der Waals surface area contributed by atoms with Crippen molar-refractivity contribution in [1.82, 2.24) is 10.7 Å². The van der Waals surface area contributed by atoms with Crippen LogP contribution in [0.15, 0.2) is 47.6 Å². The van der Waals surface area contributed by atoms with Crippen LogP contribution in [0.4, 0.5) is 0 Å². The van der Waals surface area contributed by atoms with Gasteiger partial charge < -0.3 is 29.4 Å². The summed E-state index contributed by atoms with van der Waals surface area (Å²) in [6.07, 6.45) is 1.49. The number of fused-ring (bicyclic) bond motifs is 1. The molecular formula is C18H16N3O5S-. The van der Waals surface area contributed by atoms with Gasteiger partial charge in [0.2, 0.25) is 6.79 Å². The smallest absolute Gasteiger partial charge is 0.231 e. The number of carboxylic acid groups (broad SMARTS) is 1. The van der Waals surface area contributed by atoms with Crippen molar-refractivity contribution in [1.29, 1.82) is 0 Å². The first kappa shape index (κ1) is 18.5. The van der Waals surface area contributed by atoms with Crippen LogP contribution >= 0.6 is 12.2 Å². The first-order chi connectivity index (χ1) is 13.1. The van der Waals surface area contributed by atoms with Crippen LogP contribution in [0.3, 0.4) is 0 Å². The summed E-state index contributed by atoms with van der Waals surface area (Å²) in [6, 6.07) is 12.5. The average molecular weight is 386 g/mol. The third kappa shape index (κ3) is 5.32. The lowest BCUT2D eigenvalue weighted by Gasteiger charge is -2.10. The molecular weight excluding hydrogens is 370 g/mol.